The molecule has 0 unspecified atom stereocenters. The summed E-state index contributed by atoms with van der Waals surface area (Å²) in [6.07, 6.45) is -0.516. The lowest BCUT2D eigenvalue weighted by molar-refractivity contribution is 0.00578. The van der Waals surface area contributed by atoms with Crippen LogP contribution in [0, 0.1) is 6.92 Å². The van der Waals surface area contributed by atoms with Gasteiger partial charge in [-0.15, -0.1) is 0 Å². The summed E-state index contributed by atoms with van der Waals surface area (Å²) in [6.45, 7) is 10.2. The maximum atomic E-state index is 12.8. The molecule has 3 aromatic rings. The third kappa shape index (κ3) is 4.65. The molecule has 1 saturated heterocycles. The molecule has 194 valence electrons. The van der Waals surface area contributed by atoms with Crippen molar-refractivity contribution in [1.29, 1.82) is 0 Å². The highest BCUT2D eigenvalue weighted by atomic mass is 16.7. The fraction of sp³-hybridized carbons (Fsp3) is 0.345. The van der Waals surface area contributed by atoms with Gasteiger partial charge in [-0.3, -0.25) is 0 Å². The minimum Gasteiger partial charge on any atom is -0.449 e. The summed E-state index contributed by atoms with van der Waals surface area (Å²) in [5.41, 5.74) is 15.5. The van der Waals surface area contributed by atoms with E-state index in [2.05, 4.69) is 39.6 Å². The summed E-state index contributed by atoms with van der Waals surface area (Å²) in [5, 5.41) is 6.71. The van der Waals surface area contributed by atoms with Crippen molar-refractivity contribution in [2.24, 2.45) is 5.11 Å². The molecular weight excluding hydrogens is 479 g/mol. The van der Waals surface area contributed by atoms with E-state index in [9.17, 15) is 4.79 Å². The number of nitrogens with one attached hydrogen (secondary N) is 1. The molecule has 0 aromatic heterocycles. The van der Waals surface area contributed by atoms with Gasteiger partial charge in [0.25, 0.3) is 0 Å². The van der Waals surface area contributed by atoms with Crippen molar-refractivity contribution in [1.82, 2.24) is 5.32 Å². The van der Waals surface area contributed by atoms with Crippen LogP contribution in [-0.4, -0.2) is 31.0 Å². The topological polar surface area (TPSA) is 106 Å². The number of alkyl carbamates (subject to hydrolysis) is 1. The fourth-order valence-corrected chi connectivity index (χ4v) is 5.05. The average Bonchev–Trinajstić information content (AvgIpc) is 3.32. The molecular formula is C29H31BN4O4. The maximum Gasteiger partial charge on any atom is 0.494 e. The number of carbonyl (C=O) groups excluding carboxylic acids is 1. The molecule has 38 heavy (non-hydrogen) atoms. The van der Waals surface area contributed by atoms with Crippen LogP contribution in [-0.2, 0) is 20.6 Å². The summed E-state index contributed by atoms with van der Waals surface area (Å²) < 4.78 is 18.1. The summed E-state index contributed by atoms with van der Waals surface area (Å²) in [5.74, 6) is -0.0156. The van der Waals surface area contributed by atoms with Crippen LogP contribution >= 0.6 is 0 Å². The molecule has 9 heteroatoms. The van der Waals surface area contributed by atoms with Crippen molar-refractivity contribution in [2.75, 3.05) is 6.61 Å². The van der Waals surface area contributed by atoms with Gasteiger partial charge in [0, 0.05) is 23.1 Å². The van der Waals surface area contributed by atoms with Crippen LogP contribution < -0.4 is 10.8 Å². The monoisotopic (exact) mass is 510 g/mol. The van der Waals surface area contributed by atoms with Gasteiger partial charge >= 0.3 is 13.2 Å². The number of rotatable bonds is 6. The molecule has 0 bridgehead atoms. The van der Waals surface area contributed by atoms with Crippen LogP contribution in [0.4, 0.5) is 10.5 Å². The molecule has 5 rings (SSSR count). The molecule has 0 saturated carbocycles. The van der Waals surface area contributed by atoms with E-state index in [4.69, 9.17) is 19.6 Å². The van der Waals surface area contributed by atoms with Crippen molar-refractivity contribution >= 4 is 24.4 Å². The zero-order valence-electron chi connectivity index (χ0n) is 22.3. The molecule has 1 aliphatic carbocycles. The summed E-state index contributed by atoms with van der Waals surface area (Å²) in [7, 11) is -0.624. The van der Waals surface area contributed by atoms with Gasteiger partial charge in [-0.2, -0.15) is 0 Å². The Balaban J connectivity index is 1.30. The number of nitrogens with zero attached hydrogens (tertiary/aromatic N) is 3. The van der Waals surface area contributed by atoms with Crippen LogP contribution in [0.5, 0.6) is 0 Å². The zero-order valence-corrected chi connectivity index (χ0v) is 22.3. The molecule has 0 spiro atoms. The molecule has 1 fully saturated rings. The van der Waals surface area contributed by atoms with Crippen LogP contribution in [0.3, 0.4) is 0 Å². The first kappa shape index (κ1) is 25.9. The highest BCUT2D eigenvalue weighted by molar-refractivity contribution is 6.62. The quantitative estimate of drug-likeness (QED) is 0.182. The highest BCUT2D eigenvalue weighted by Crippen LogP contribution is 2.44. The molecule has 1 aliphatic heterocycles. The second kappa shape index (κ2) is 9.84. The van der Waals surface area contributed by atoms with Crippen LogP contribution in [0.25, 0.3) is 21.6 Å². The molecule has 0 radical (unpaired) electrons. The van der Waals surface area contributed by atoms with Gasteiger partial charge < -0.3 is 19.4 Å². The number of fused-ring (bicyclic) bond motifs is 3. The average molecular weight is 510 g/mol. The van der Waals surface area contributed by atoms with Crippen molar-refractivity contribution in [2.45, 2.75) is 58.3 Å². The molecule has 1 heterocycles. The Kier molecular flexibility index (Phi) is 6.69. The van der Waals surface area contributed by atoms with Gasteiger partial charge in [0.05, 0.1) is 11.2 Å². The Morgan fingerprint density at radius 2 is 1.61 bits per heavy atom. The van der Waals surface area contributed by atoms with Gasteiger partial charge in [-0.1, -0.05) is 65.8 Å². The number of hydrogen-bond donors (Lipinski definition) is 1. The number of hydrogen-bond acceptors (Lipinski definition) is 5. The molecule has 0 atom stereocenters. The van der Waals surface area contributed by atoms with E-state index in [-0.39, 0.29) is 19.1 Å². The summed E-state index contributed by atoms with van der Waals surface area (Å²) >= 11 is 0. The third-order valence-corrected chi connectivity index (χ3v) is 7.95. The lowest BCUT2D eigenvalue weighted by Gasteiger charge is -2.32. The maximum absolute atomic E-state index is 12.8. The van der Waals surface area contributed by atoms with E-state index >= 15 is 0 Å². The van der Waals surface area contributed by atoms with Gasteiger partial charge in [-0.25, -0.2) is 4.79 Å². The van der Waals surface area contributed by atoms with Crippen molar-refractivity contribution in [3.8, 4) is 11.1 Å². The number of ether oxygens (including phenoxy) is 1. The van der Waals surface area contributed by atoms with Gasteiger partial charge in [0.2, 0.25) is 0 Å². The van der Waals surface area contributed by atoms with Gasteiger partial charge in [0.1, 0.15) is 6.61 Å². The van der Waals surface area contributed by atoms with Crippen LogP contribution in [0.2, 0.25) is 0 Å². The standard InChI is InChI=1S/C29H31BN4O4/c1-18-19(14-20(15-26(18)33-34-31)30-37-28(2,3)29(4,5)38-30)16-32-27(35)36-17-25-23-12-8-6-10-21(23)22-11-7-9-13-24(22)25/h6-15,25H,16-17H2,1-5H3,(H,32,35). The lowest BCUT2D eigenvalue weighted by Crippen LogP contribution is -2.41. The number of benzene rings is 3. The van der Waals surface area contributed by atoms with Crippen LogP contribution in [0.1, 0.15) is 55.9 Å². The number of carbonyl (C=O) groups is 1. The predicted octanol–water partition coefficient (Wildman–Crippen LogP) is 6.27. The minimum absolute atomic E-state index is 0.0156. The summed E-state index contributed by atoms with van der Waals surface area (Å²) in [6, 6.07) is 20.1. The molecule has 1 N–H and O–H groups in total. The second-order valence-corrected chi connectivity index (χ2v) is 10.8. The van der Waals surface area contributed by atoms with Crippen molar-refractivity contribution in [3.63, 3.8) is 0 Å². The Hall–Kier alpha value is -3.78. The van der Waals surface area contributed by atoms with E-state index < -0.39 is 24.4 Å². The largest absolute Gasteiger partial charge is 0.494 e. The predicted molar refractivity (Wildman–Crippen MR) is 148 cm³/mol. The van der Waals surface area contributed by atoms with Gasteiger partial charge in [0.15, 0.2) is 0 Å². The van der Waals surface area contributed by atoms with E-state index in [1.54, 1.807) is 6.07 Å². The summed E-state index contributed by atoms with van der Waals surface area (Å²) in [4.78, 5) is 15.7. The molecule has 3 aromatic carbocycles. The first-order valence-corrected chi connectivity index (χ1v) is 12.7. The van der Waals surface area contributed by atoms with Crippen molar-refractivity contribution < 1.29 is 18.8 Å². The van der Waals surface area contributed by atoms with E-state index in [1.165, 1.54) is 11.1 Å². The lowest BCUT2D eigenvalue weighted by atomic mass is 9.77. The van der Waals surface area contributed by atoms with E-state index in [1.807, 2.05) is 65.0 Å². The first-order chi connectivity index (χ1) is 18.1. The van der Waals surface area contributed by atoms with E-state index in [0.717, 1.165) is 27.7 Å². The highest BCUT2D eigenvalue weighted by Gasteiger charge is 2.51. The number of amides is 1. The van der Waals surface area contributed by atoms with Crippen molar-refractivity contribution in [3.05, 3.63) is 93.4 Å². The smallest absolute Gasteiger partial charge is 0.449 e. The Labute approximate surface area is 223 Å². The third-order valence-electron chi connectivity index (χ3n) is 7.95. The SMILES string of the molecule is Cc1c(CNC(=O)OCC2c3ccccc3-c3ccccc32)cc(B2OC(C)(C)C(C)(C)O2)cc1N=[N+]=[N-]. The van der Waals surface area contributed by atoms with Crippen LogP contribution in [0.15, 0.2) is 65.8 Å². The normalized spacial score (nSPS) is 16.9. The zero-order chi connectivity index (χ0) is 27.1. The number of azide groups is 1. The second-order valence-electron chi connectivity index (χ2n) is 10.8. The minimum atomic E-state index is -0.624. The molecule has 2 aliphatic rings. The fourth-order valence-electron chi connectivity index (χ4n) is 5.05. The van der Waals surface area contributed by atoms with E-state index in [0.29, 0.717) is 5.69 Å². The Morgan fingerprint density at radius 1 is 1.03 bits per heavy atom. The van der Waals surface area contributed by atoms with Gasteiger partial charge in [-0.05, 0) is 79.0 Å². The first-order valence-electron chi connectivity index (χ1n) is 12.7. The Bertz CT molecular complexity index is 1390. The molecule has 1 amide bonds. The molecule has 8 nitrogen and oxygen atoms in total. The Morgan fingerprint density at radius 3 is 2.18 bits per heavy atom.